The van der Waals surface area contributed by atoms with Crippen molar-refractivity contribution in [1.29, 1.82) is 0 Å². The van der Waals surface area contributed by atoms with Crippen LogP contribution in [0.2, 0.25) is 0 Å². The number of carbonyl (C=O) groups is 3. The molecule has 10 heteroatoms. The Kier molecular flexibility index (Phi) is 4.22. The van der Waals surface area contributed by atoms with Crippen LogP contribution in [0.15, 0.2) is 30.0 Å². The van der Waals surface area contributed by atoms with Crippen LogP contribution in [0.3, 0.4) is 0 Å². The Balaban J connectivity index is 2.37. The molecule has 1 aromatic rings. The number of cyclic esters (lactones) is 2. The SMILES string of the molecule is CC1(C)OC(=O)C(=CNc2cccc(C(=O)O)c2[N+](=O)[O-])C(=O)O1. The summed E-state index contributed by atoms with van der Waals surface area (Å²) in [6.45, 7) is 2.74. The second-order valence-corrected chi connectivity index (χ2v) is 5.15. The number of nitro benzene ring substituents is 1. The van der Waals surface area contributed by atoms with E-state index < -0.39 is 45.4 Å². The molecule has 1 saturated heterocycles. The van der Waals surface area contributed by atoms with E-state index in [9.17, 15) is 24.5 Å². The molecule has 0 saturated carbocycles. The van der Waals surface area contributed by atoms with Crippen molar-refractivity contribution in [3.8, 4) is 0 Å². The Labute approximate surface area is 134 Å². The average Bonchev–Trinajstić information content (AvgIpc) is 2.44. The number of nitro groups is 1. The molecular weight excluding hydrogens is 324 g/mol. The lowest BCUT2D eigenvalue weighted by Crippen LogP contribution is -2.42. The minimum Gasteiger partial charge on any atom is -0.477 e. The van der Waals surface area contributed by atoms with Crippen molar-refractivity contribution in [2.24, 2.45) is 0 Å². The number of rotatable bonds is 4. The van der Waals surface area contributed by atoms with Gasteiger partial charge in [-0.1, -0.05) is 6.07 Å². The summed E-state index contributed by atoms with van der Waals surface area (Å²) in [7, 11) is 0. The number of aromatic carboxylic acids is 1. The van der Waals surface area contributed by atoms with Crippen molar-refractivity contribution in [3.05, 3.63) is 45.6 Å². The second-order valence-electron chi connectivity index (χ2n) is 5.15. The molecule has 0 bridgehead atoms. The predicted molar refractivity (Wildman–Crippen MR) is 78.0 cm³/mol. The van der Waals surface area contributed by atoms with Gasteiger partial charge in [-0.3, -0.25) is 10.1 Å². The topological polar surface area (TPSA) is 145 Å². The number of carboxylic acid groups (broad SMARTS) is 1. The summed E-state index contributed by atoms with van der Waals surface area (Å²) in [5.41, 5.74) is -1.97. The summed E-state index contributed by atoms with van der Waals surface area (Å²) < 4.78 is 9.73. The Hall–Kier alpha value is -3.43. The Bertz CT molecular complexity index is 759. The molecule has 0 atom stereocenters. The van der Waals surface area contributed by atoms with Crippen molar-refractivity contribution in [3.63, 3.8) is 0 Å². The van der Waals surface area contributed by atoms with Crippen LogP contribution >= 0.6 is 0 Å². The van der Waals surface area contributed by atoms with E-state index in [1.54, 1.807) is 0 Å². The minimum absolute atomic E-state index is 0.210. The molecule has 0 spiro atoms. The lowest BCUT2D eigenvalue weighted by molar-refractivity contribution is -0.384. The van der Waals surface area contributed by atoms with Gasteiger partial charge in [0.2, 0.25) is 0 Å². The summed E-state index contributed by atoms with van der Waals surface area (Å²) >= 11 is 0. The van der Waals surface area contributed by atoms with E-state index in [0.29, 0.717) is 0 Å². The van der Waals surface area contributed by atoms with E-state index in [4.69, 9.17) is 14.6 Å². The predicted octanol–water partition coefficient (Wildman–Crippen LogP) is 1.42. The summed E-state index contributed by atoms with van der Waals surface area (Å²) in [4.78, 5) is 44.8. The van der Waals surface area contributed by atoms with Gasteiger partial charge < -0.3 is 19.9 Å². The zero-order valence-electron chi connectivity index (χ0n) is 12.6. The Morgan fingerprint density at radius 1 is 1.29 bits per heavy atom. The number of benzene rings is 1. The van der Waals surface area contributed by atoms with Crippen LogP contribution in [0.25, 0.3) is 0 Å². The zero-order chi connectivity index (χ0) is 18.1. The first-order chi connectivity index (χ1) is 11.1. The van der Waals surface area contributed by atoms with Crippen LogP contribution in [-0.2, 0) is 19.1 Å². The number of nitrogens with zero attached hydrogens (tertiary/aromatic N) is 1. The molecule has 126 valence electrons. The normalized spacial score (nSPS) is 16.0. The van der Waals surface area contributed by atoms with Gasteiger partial charge in [-0.2, -0.15) is 0 Å². The third kappa shape index (κ3) is 3.32. The highest BCUT2D eigenvalue weighted by atomic mass is 16.7. The number of nitrogens with one attached hydrogen (secondary N) is 1. The lowest BCUT2D eigenvalue weighted by Gasteiger charge is -2.29. The fraction of sp³-hybridized carbons (Fsp3) is 0.214. The molecule has 1 aliphatic heterocycles. The van der Waals surface area contributed by atoms with E-state index in [-0.39, 0.29) is 5.69 Å². The molecule has 1 heterocycles. The molecule has 2 rings (SSSR count). The molecule has 10 nitrogen and oxygen atoms in total. The van der Waals surface area contributed by atoms with Gasteiger partial charge >= 0.3 is 23.6 Å². The maximum absolute atomic E-state index is 11.8. The van der Waals surface area contributed by atoms with E-state index in [1.807, 2.05) is 0 Å². The molecule has 0 aliphatic carbocycles. The molecule has 1 aliphatic rings. The number of anilines is 1. The van der Waals surface area contributed by atoms with Gasteiger partial charge in [-0.15, -0.1) is 0 Å². The van der Waals surface area contributed by atoms with Crippen molar-refractivity contribution < 1.29 is 33.9 Å². The van der Waals surface area contributed by atoms with Crippen molar-refractivity contribution in [2.75, 3.05) is 5.32 Å². The lowest BCUT2D eigenvalue weighted by atomic mass is 10.1. The third-order valence-electron chi connectivity index (χ3n) is 2.94. The molecule has 1 fully saturated rings. The molecule has 0 radical (unpaired) electrons. The van der Waals surface area contributed by atoms with Gasteiger partial charge in [0.1, 0.15) is 11.3 Å². The van der Waals surface area contributed by atoms with E-state index in [0.717, 1.165) is 12.3 Å². The molecule has 0 aromatic heterocycles. The van der Waals surface area contributed by atoms with Crippen LogP contribution in [0.4, 0.5) is 11.4 Å². The molecule has 2 N–H and O–H groups in total. The summed E-state index contributed by atoms with van der Waals surface area (Å²) in [6, 6.07) is 3.56. The molecule has 0 amide bonds. The summed E-state index contributed by atoms with van der Waals surface area (Å²) in [6.07, 6.45) is 0.869. The fourth-order valence-corrected chi connectivity index (χ4v) is 1.96. The van der Waals surface area contributed by atoms with Gasteiger partial charge in [0, 0.05) is 20.0 Å². The Morgan fingerprint density at radius 2 is 1.88 bits per heavy atom. The first kappa shape index (κ1) is 16.9. The van der Waals surface area contributed by atoms with Gasteiger partial charge in [0.25, 0.3) is 5.79 Å². The van der Waals surface area contributed by atoms with Crippen LogP contribution in [0.5, 0.6) is 0 Å². The van der Waals surface area contributed by atoms with E-state index in [2.05, 4.69) is 5.32 Å². The number of carbonyl (C=O) groups excluding carboxylic acids is 2. The van der Waals surface area contributed by atoms with Gasteiger partial charge in [0.15, 0.2) is 5.57 Å². The highest BCUT2D eigenvalue weighted by Crippen LogP contribution is 2.29. The first-order valence-electron chi connectivity index (χ1n) is 6.56. The maximum atomic E-state index is 11.8. The quantitative estimate of drug-likeness (QED) is 0.274. The smallest absolute Gasteiger partial charge is 0.350 e. The summed E-state index contributed by atoms with van der Waals surface area (Å²) in [5.74, 6) is -4.85. The van der Waals surface area contributed by atoms with Crippen LogP contribution in [-0.4, -0.2) is 33.7 Å². The van der Waals surface area contributed by atoms with Gasteiger partial charge in [-0.05, 0) is 12.1 Å². The number of ether oxygens (including phenoxy) is 2. The Morgan fingerprint density at radius 3 is 2.38 bits per heavy atom. The van der Waals surface area contributed by atoms with E-state index in [1.165, 1.54) is 26.0 Å². The van der Waals surface area contributed by atoms with Gasteiger partial charge in [0.05, 0.1) is 4.92 Å². The fourth-order valence-electron chi connectivity index (χ4n) is 1.96. The highest BCUT2D eigenvalue weighted by molar-refractivity contribution is 6.15. The number of carboxylic acids is 1. The maximum Gasteiger partial charge on any atom is 0.350 e. The monoisotopic (exact) mass is 336 g/mol. The molecular formula is C14H12N2O8. The van der Waals surface area contributed by atoms with Crippen molar-refractivity contribution in [2.45, 2.75) is 19.6 Å². The number of hydrogen-bond acceptors (Lipinski definition) is 8. The van der Waals surface area contributed by atoms with Crippen LogP contribution in [0, 0.1) is 10.1 Å². The molecule has 0 unspecified atom stereocenters. The van der Waals surface area contributed by atoms with Crippen molar-refractivity contribution in [1.82, 2.24) is 0 Å². The second kappa shape index (κ2) is 5.99. The summed E-state index contributed by atoms with van der Waals surface area (Å²) in [5, 5.41) is 22.5. The zero-order valence-corrected chi connectivity index (χ0v) is 12.6. The minimum atomic E-state index is -1.49. The van der Waals surface area contributed by atoms with Crippen LogP contribution < -0.4 is 5.32 Å². The van der Waals surface area contributed by atoms with Crippen molar-refractivity contribution >= 4 is 29.3 Å². The molecule has 1 aromatic carbocycles. The molecule has 24 heavy (non-hydrogen) atoms. The largest absolute Gasteiger partial charge is 0.477 e. The number of hydrogen-bond donors (Lipinski definition) is 2. The number of esters is 2. The van der Waals surface area contributed by atoms with Gasteiger partial charge in [-0.25, -0.2) is 14.4 Å². The third-order valence-corrected chi connectivity index (χ3v) is 2.94. The van der Waals surface area contributed by atoms with E-state index >= 15 is 0 Å². The average molecular weight is 336 g/mol. The highest BCUT2D eigenvalue weighted by Gasteiger charge is 2.39. The standard InChI is InChI=1S/C14H12N2O8/c1-14(2)23-12(19)8(13(20)24-14)6-15-9-5-3-4-7(11(17)18)10(9)16(21)22/h3-6,15H,1-2H3,(H,17,18). The van der Waals surface area contributed by atoms with Crippen LogP contribution in [0.1, 0.15) is 24.2 Å². The number of para-hydroxylation sites is 1. The first-order valence-corrected chi connectivity index (χ1v) is 6.56.